The van der Waals surface area contributed by atoms with Crippen LogP contribution < -0.4 is 5.32 Å². The molecule has 4 rings (SSSR count). The van der Waals surface area contributed by atoms with Crippen molar-refractivity contribution in [3.05, 3.63) is 35.3 Å². The zero-order chi connectivity index (χ0) is 19.7. The van der Waals surface area contributed by atoms with Crippen molar-refractivity contribution < 1.29 is 14.3 Å². The van der Waals surface area contributed by atoms with Crippen LogP contribution in [-0.4, -0.2) is 52.0 Å². The van der Waals surface area contributed by atoms with E-state index in [1.165, 1.54) is 11.3 Å². The van der Waals surface area contributed by atoms with Crippen LogP contribution in [-0.2, 0) is 22.4 Å². The minimum absolute atomic E-state index is 0.0169. The Morgan fingerprint density at radius 1 is 1.29 bits per heavy atom. The van der Waals surface area contributed by atoms with Crippen molar-refractivity contribution in [2.75, 3.05) is 19.7 Å². The molecule has 7 heteroatoms. The number of pyridine rings is 1. The zero-order valence-corrected chi connectivity index (χ0v) is 16.6. The summed E-state index contributed by atoms with van der Waals surface area (Å²) in [4.78, 5) is 31.1. The number of rotatable bonds is 3. The first-order valence-corrected chi connectivity index (χ1v) is 10.2. The maximum Gasteiger partial charge on any atom is 0.409 e. The van der Waals surface area contributed by atoms with Crippen LogP contribution in [0.2, 0.25) is 0 Å². The van der Waals surface area contributed by atoms with E-state index in [-0.39, 0.29) is 24.0 Å². The highest BCUT2D eigenvalue weighted by Crippen LogP contribution is 2.27. The Morgan fingerprint density at radius 3 is 2.82 bits per heavy atom. The third-order valence-corrected chi connectivity index (χ3v) is 5.87. The van der Waals surface area contributed by atoms with E-state index in [4.69, 9.17) is 9.72 Å². The Bertz CT molecular complexity index is 883. The van der Waals surface area contributed by atoms with Gasteiger partial charge in [0.1, 0.15) is 5.65 Å². The molecular formula is C21H28N4O3. The lowest BCUT2D eigenvalue weighted by molar-refractivity contribution is -0.126. The number of imidazole rings is 1. The lowest BCUT2D eigenvalue weighted by Gasteiger charge is -2.32. The predicted octanol–water partition coefficient (Wildman–Crippen LogP) is 2.48. The molecule has 28 heavy (non-hydrogen) atoms. The van der Waals surface area contributed by atoms with Crippen molar-refractivity contribution in [1.29, 1.82) is 0 Å². The number of nitrogens with zero attached hydrogens (tertiary/aromatic N) is 3. The number of amides is 2. The van der Waals surface area contributed by atoms with E-state index in [0.717, 1.165) is 43.4 Å². The number of carbonyl (C=O) groups excluding carboxylic acids is 2. The molecule has 1 aliphatic heterocycles. The maximum atomic E-state index is 12.9. The number of aryl methyl sites for hydroxylation is 2. The highest BCUT2D eigenvalue weighted by atomic mass is 16.6. The molecule has 1 saturated heterocycles. The van der Waals surface area contributed by atoms with Gasteiger partial charge in [-0.2, -0.15) is 0 Å². The number of ether oxygens (including phenoxy) is 1. The van der Waals surface area contributed by atoms with Gasteiger partial charge in [0.05, 0.1) is 12.3 Å². The molecule has 2 amide bonds. The van der Waals surface area contributed by atoms with Gasteiger partial charge in [-0.05, 0) is 57.2 Å². The molecule has 3 heterocycles. The topological polar surface area (TPSA) is 75.9 Å². The fourth-order valence-electron chi connectivity index (χ4n) is 4.27. The molecule has 0 spiro atoms. The van der Waals surface area contributed by atoms with E-state index < -0.39 is 0 Å². The summed E-state index contributed by atoms with van der Waals surface area (Å²) in [5, 5.41) is 3.21. The second kappa shape index (κ2) is 7.81. The highest BCUT2D eigenvalue weighted by Gasteiger charge is 2.31. The van der Waals surface area contributed by atoms with Crippen LogP contribution in [0.5, 0.6) is 0 Å². The molecule has 0 bridgehead atoms. The SMILES string of the molecule is CCOC(=O)N1CCC(NC(=O)C2CCc3nc4cc(C)ccn4c3C2)CC1. The summed E-state index contributed by atoms with van der Waals surface area (Å²) in [5.74, 6) is 0.110. The molecule has 150 valence electrons. The van der Waals surface area contributed by atoms with Gasteiger partial charge in [0.25, 0.3) is 0 Å². The molecule has 1 atom stereocenters. The summed E-state index contributed by atoms with van der Waals surface area (Å²) in [6.07, 6.45) is 5.76. The Morgan fingerprint density at radius 2 is 2.07 bits per heavy atom. The molecule has 1 fully saturated rings. The molecular weight excluding hydrogens is 356 g/mol. The summed E-state index contributed by atoms with van der Waals surface area (Å²) < 4.78 is 7.18. The van der Waals surface area contributed by atoms with E-state index in [1.54, 1.807) is 4.90 Å². The third-order valence-electron chi connectivity index (χ3n) is 5.87. The molecule has 2 aromatic rings. The number of piperidine rings is 1. The summed E-state index contributed by atoms with van der Waals surface area (Å²) in [6.45, 7) is 5.53. The predicted molar refractivity (Wildman–Crippen MR) is 105 cm³/mol. The molecule has 7 nitrogen and oxygen atoms in total. The van der Waals surface area contributed by atoms with Gasteiger partial charge < -0.3 is 19.4 Å². The number of likely N-dealkylation sites (tertiary alicyclic amines) is 1. The maximum absolute atomic E-state index is 12.9. The lowest BCUT2D eigenvalue weighted by Crippen LogP contribution is -2.48. The van der Waals surface area contributed by atoms with Gasteiger partial charge in [0, 0.05) is 43.4 Å². The van der Waals surface area contributed by atoms with Crippen molar-refractivity contribution in [3.8, 4) is 0 Å². The Balaban J connectivity index is 1.35. The van der Waals surface area contributed by atoms with Crippen LogP contribution in [0.1, 0.15) is 43.1 Å². The molecule has 1 N–H and O–H groups in total. The van der Waals surface area contributed by atoms with Crippen molar-refractivity contribution in [1.82, 2.24) is 19.6 Å². The van der Waals surface area contributed by atoms with Crippen LogP contribution in [0, 0.1) is 12.8 Å². The quantitative estimate of drug-likeness (QED) is 0.882. The van der Waals surface area contributed by atoms with Gasteiger partial charge in [-0.3, -0.25) is 4.79 Å². The largest absolute Gasteiger partial charge is 0.450 e. The first kappa shape index (κ1) is 18.8. The average Bonchev–Trinajstić information content (AvgIpc) is 3.05. The fraction of sp³-hybridized carbons (Fsp3) is 0.571. The van der Waals surface area contributed by atoms with Crippen LogP contribution in [0.4, 0.5) is 4.79 Å². The van der Waals surface area contributed by atoms with E-state index in [0.29, 0.717) is 19.7 Å². The molecule has 0 radical (unpaired) electrons. The van der Waals surface area contributed by atoms with Crippen molar-refractivity contribution in [2.24, 2.45) is 5.92 Å². The number of carbonyl (C=O) groups is 2. The van der Waals surface area contributed by atoms with E-state index in [2.05, 4.69) is 35.0 Å². The molecule has 1 unspecified atom stereocenters. The standard InChI is InChI=1S/C21H28N4O3/c1-3-28-21(27)24-9-7-16(8-10-24)22-20(26)15-4-5-17-18(13-15)25-11-6-14(2)12-19(25)23-17/h6,11-12,15-16H,3-5,7-10,13H2,1-2H3,(H,22,26). The summed E-state index contributed by atoms with van der Waals surface area (Å²) in [7, 11) is 0. The molecule has 2 aromatic heterocycles. The van der Waals surface area contributed by atoms with Gasteiger partial charge >= 0.3 is 6.09 Å². The fourth-order valence-corrected chi connectivity index (χ4v) is 4.27. The van der Waals surface area contributed by atoms with Gasteiger partial charge in [-0.1, -0.05) is 0 Å². The van der Waals surface area contributed by atoms with E-state index in [1.807, 2.05) is 6.92 Å². The molecule has 0 saturated carbocycles. The average molecular weight is 384 g/mol. The Kier molecular flexibility index (Phi) is 5.24. The molecule has 1 aliphatic carbocycles. The normalized spacial score (nSPS) is 20.1. The van der Waals surface area contributed by atoms with Crippen LogP contribution in [0.3, 0.4) is 0 Å². The number of aromatic nitrogens is 2. The van der Waals surface area contributed by atoms with E-state index in [9.17, 15) is 9.59 Å². The van der Waals surface area contributed by atoms with Crippen LogP contribution in [0.15, 0.2) is 18.3 Å². The second-order valence-electron chi connectivity index (χ2n) is 7.85. The number of hydrogen-bond donors (Lipinski definition) is 1. The first-order chi connectivity index (χ1) is 13.5. The highest BCUT2D eigenvalue weighted by molar-refractivity contribution is 5.79. The van der Waals surface area contributed by atoms with Crippen molar-refractivity contribution in [3.63, 3.8) is 0 Å². The smallest absolute Gasteiger partial charge is 0.409 e. The van der Waals surface area contributed by atoms with Gasteiger partial charge in [0.15, 0.2) is 0 Å². The van der Waals surface area contributed by atoms with E-state index >= 15 is 0 Å². The molecule has 2 aliphatic rings. The second-order valence-corrected chi connectivity index (χ2v) is 7.85. The summed E-state index contributed by atoms with van der Waals surface area (Å²) in [5.41, 5.74) is 4.45. The number of fused-ring (bicyclic) bond motifs is 3. The monoisotopic (exact) mass is 384 g/mol. The van der Waals surface area contributed by atoms with Gasteiger partial charge in [-0.15, -0.1) is 0 Å². The van der Waals surface area contributed by atoms with Gasteiger partial charge in [-0.25, -0.2) is 9.78 Å². The lowest BCUT2D eigenvalue weighted by atomic mass is 9.88. The minimum Gasteiger partial charge on any atom is -0.450 e. The number of nitrogens with one attached hydrogen (secondary N) is 1. The molecule has 0 aromatic carbocycles. The minimum atomic E-state index is -0.255. The summed E-state index contributed by atoms with van der Waals surface area (Å²) >= 11 is 0. The summed E-state index contributed by atoms with van der Waals surface area (Å²) in [6, 6.07) is 4.30. The van der Waals surface area contributed by atoms with Crippen LogP contribution in [0.25, 0.3) is 5.65 Å². The first-order valence-electron chi connectivity index (χ1n) is 10.2. The third kappa shape index (κ3) is 3.70. The Hall–Kier alpha value is -2.57. The van der Waals surface area contributed by atoms with Crippen LogP contribution >= 0.6 is 0 Å². The van der Waals surface area contributed by atoms with Gasteiger partial charge in [0.2, 0.25) is 5.91 Å². The Labute approximate surface area is 165 Å². The number of hydrogen-bond acceptors (Lipinski definition) is 4. The zero-order valence-electron chi connectivity index (χ0n) is 16.6. The van der Waals surface area contributed by atoms with Crippen molar-refractivity contribution >= 4 is 17.6 Å². The van der Waals surface area contributed by atoms with Crippen molar-refractivity contribution in [2.45, 2.75) is 52.0 Å².